The number of aliphatic hydroxyl groups is 1. The first-order chi connectivity index (χ1) is 10.8. The first kappa shape index (κ1) is 14.1. The fourth-order valence-corrected chi connectivity index (χ4v) is 1.90. The third-order valence-corrected chi connectivity index (χ3v) is 3.00. The molecule has 3 rings (SSSR count). The van der Waals surface area contributed by atoms with E-state index in [4.69, 9.17) is 18.8 Å². The first-order valence-electron chi connectivity index (χ1n) is 6.62. The van der Waals surface area contributed by atoms with Gasteiger partial charge < -0.3 is 18.8 Å². The van der Waals surface area contributed by atoms with Crippen molar-refractivity contribution in [2.75, 3.05) is 0 Å². The van der Waals surface area contributed by atoms with E-state index in [1.807, 2.05) is 30.3 Å². The lowest BCUT2D eigenvalue weighted by Crippen LogP contribution is -2.08. The molecule has 1 N–H and O–H groups in total. The third kappa shape index (κ3) is 3.07. The molecule has 0 radical (unpaired) electrons. The number of aromatic nitrogens is 1. The van der Waals surface area contributed by atoms with Crippen LogP contribution in [0.2, 0.25) is 0 Å². The van der Waals surface area contributed by atoms with Gasteiger partial charge in [-0.05, 0) is 0 Å². The van der Waals surface area contributed by atoms with Gasteiger partial charge in [0.25, 0.3) is 0 Å². The van der Waals surface area contributed by atoms with Gasteiger partial charge in [-0.15, -0.1) is 0 Å². The van der Waals surface area contributed by atoms with Crippen LogP contribution in [0.3, 0.4) is 0 Å². The molecular weight excluding hydrogens is 286 g/mol. The molecule has 112 valence electrons. The summed E-state index contributed by atoms with van der Waals surface area (Å²) < 4.78 is 15.6. The average Bonchev–Trinajstić information content (AvgIpc) is 3.03. The van der Waals surface area contributed by atoms with Gasteiger partial charge in [-0.2, -0.15) is 0 Å². The van der Waals surface area contributed by atoms with Crippen LogP contribution < -0.4 is 10.2 Å². The van der Waals surface area contributed by atoms with Gasteiger partial charge >= 0.3 is 0 Å². The minimum atomic E-state index is -0.359. The molecule has 1 aromatic carbocycles. The number of benzene rings is 1. The zero-order valence-corrected chi connectivity index (χ0v) is 11.6. The van der Waals surface area contributed by atoms with E-state index in [9.17, 15) is 4.79 Å². The zero-order valence-electron chi connectivity index (χ0n) is 11.6. The van der Waals surface area contributed by atoms with Crippen LogP contribution in [0.5, 0.6) is 5.75 Å². The molecule has 0 aliphatic rings. The molecule has 0 aliphatic heterocycles. The molecule has 0 bridgehead atoms. The highest BCUT2D eigenvalue weighted by Crippen LogP contribution is 2.20. The standard InChI is InChI=1S/C16H13NO5/c18-8-13-7-14(19)16(10-20-13)21-9-12-6-15(22-17-12)11-4-2-1-3-5-11/h1-7,10,18H,8-9H2. The van der Waals surface area contributed by atoms with E-state index in [1.165, 1.54) is 12.3 Å². The normalized spacial score (nSPS) is 10.6. The molecule has 0 spiro atoms. The maximum atomic E-state index is 11.7. The molecule has 0 saturated carbocycles. The number of hydrogen-bond donors (Lipinski definition) is 1. The second-order valence-electron chi connectivity index (χ2n) is 4.57. The molecular formula is C16H13NO5. The number of nitrogens with zero attached hydrogens (tertiary/aromatic N) is 1. The van der Waals surface area contributed by atoms with E-state index in [2.05, 4.69) is 5.16 Å². The highest BCUT2D eigenvalue weighted by atomic mass is 16.5. The largest absolute Gasteiger partial charge is 0.480 e. The summed E-state index contributed by atoms with van der Waals surface area (Å²) >= 11 is 0. The van der Waals surface area contributed by atoms with Crippen LogP contribution >= 0.6 is 0 Å². The minimum absolute atomic E-state index is 0.0569. The highest BCUT2D eigenvalue weighted by Gasteiger charge is 2.09. The summed E-state index contributed by atoms with van der Waals surface area (Å²) in [5, 5.41) is 12.8. The van der Waals surface area contributed by atoms with Crippen LogP contribution in [0.4, 0.5) is 0 Å². The molecule has 0 unspecified atom stereocenters. The average molecular weight is 299 g/mol. The van der Waals surface area contributed by atoms with Gasteiger partial charge in [0, 0.05) is 17.7 Å². The fourth-order valence-electron chi connectivity index (χ4n) is 1.90. The molecule has 0 aliphatic carbocycles. The van der Waals surface area contributed by atoms with Crippen LogP contribution in [0.25, 0.3) is 11.3 Å². The molecule has 3 aromatic rings. The monoisotopic (exact) mass is 299 g/mol. The van der Waals surface area contributed by atoms with Crippen molar-refractivity contribution < 1.29 is 18.8 Å². The Hall–Kier alpha value is -2.86. The van der Waals surface area contributed by atoms with Crippen LogP contribution in [0.15, 0.2) is 62.5 Å². The van der Waals surface area contributed by atoms with Crippen molar-refractivity contribution in [1.29, 1.82) is 0 Å². The van der Waals surface area contributed by atoms with Gasteiger partial charge in [0.2, 0.25) is 11.2 Å². The third-order valence-electron chi connectivity index (χ3n) is 3.00. The summed E-state index contributed by atoms with van der Waals surface area (Å²) in [5.41, 5.74) is 1.11. The SMILES string of the molecule is O=c1cc(CO)occ1OCc1cc(-c2ccccc2)on1. The molecule has 0 saturated heterocycles. The summed E-state index contributed by atoms with van der Waals surface area (Å²) in [6, 6.07) is 12.5. The molecule has 0 fully saturated rings. The summed E-state index contributed by atoms with van der Waals surface area (Å²) in [5.74, 6) is 0.869. The Morgan fingerprint density at radius 1 is 1.18 bits per heavy atom. The Morgan fingerprint density at radius 3 is 2.73 bits per heavy atom. The van der Waals surface area contributed by atoms with Crippen molar-refractivity contribution in [2.24, 2.45) is 0 Å². The van der Waals surface area contributed by atoms with E-state index < -0.39 is 0 Å². The van der Waals surface area contributed by atoms with Crippen molar-refractivity contribution in [3.8, 4) is 17.1 Å². The lowest BCUT2D eigenvalue weighted by Gasteiger charge is -2.02. The summed E-state index contributed by atoms with van der Waals surface area (Å²) in [6.45, 7) is -0.251. The second-order valence-corrected chi connectivity index (χ2v) is 4.57. The maximum Gasteiger partial charge on any atom is 0.227 e. The number of hydrogen-bond acceptors (Lipinski definition) is 6. The van der Waals surface area contributed by atoms with Gasteiger partial charge in [-0.1, -0.05) is 35.5 Å². The molecule has 22 heavy (non-hydrogen) atoms. The fraction of sp³-hybridized carbons (Fsp3) is 0.125. The van der Waals surface area contributed by atoms with Crippen molar-refractivity contribution in [3.05, 3.63) is 70.4 Å². The predicted octanol–water partition coefficient (Wildman–Crippen LogP) is 2.37. The number of ether oxygens (including phenoxy) is 1. The Bertz CT molecular complexity index is 807. The van der Waals surface area contributed by atoms with Crippen LogP contribution in [-0.2, 0) is 13.2 Å². The highest BCUT2D eigenvalue weighted by molar-refractivity contribution is 5.56. The van der Waals surface area contributed by atoms with E-state index in [0.717, 1.165) is 5.56 Å². The lowest BCUT2D eigenvalue weighted by atomic mass is 10.2. The number of aliphatic hydroxyl groups excluding tert-OH is 1. The van der Waals surface area contributed by atoms with Gasteiger partial charge in [0.05, 0.1) is 0 Å². The van der Waals surface area contributed by atoms with Crippen molar-refractivity contribution in [1.82, 2.24) is 5.16 Å². The van der Waals surface area contributed by atoms with Crippen LogP contribution in [0.1, 0.15) is 11.5 Å². The molecule has 6 heteroatoms. The Balaban J connectivity index is 1.70. The van der Waals surface area contributed by atoms with Gasteiger partial charge in [-0.25, -0.2) is 0 Å². The summed E-state index contributed by atoms with van der Waals surface area (Å²) in [4.78, 5) is 11.7. The van der Waals surface area contributed by atoms with E-state index in [0.29, 0.717) is 11.5 Å². The van der Waals surface area contributed by atoms with Crippen molar-refractivity contribution in [2.45, 2.75) is 13.2 Å². The first-order valence-corrected chi connectivity index (χ1v) is 6.62. The van der Waals surface area contributed by atoms with Crippen molar-refractivity contribution >= 4 is 0 Å². The molecule has 6 nitrogen and oxygen atoms in total. The Labute approximate surface area is 125 Å². The summed E-state index contributed by atoms with van der Waals surface area (Å²) in [6.07, 6.45) is 1.17. The minimum Gasteiger partial charge on any atom is -0.480 e. The van der Waals surface area contributed by atoms with Gasteiger partial charge in [0.1, 0.15) is 30.9 Å². The molecule has 2 heterocycles. The zero-order chi connectivity index (χ0) is 15.4. The van der Waals surface area contributed by atoms with E-state index in [-0.39, 0.29) is 30.2 Å². The molecule has 2 aromatic heterocycles. The van der Waals surface area contributed by atoms with Crippen LogP contribution in [0, 0.1) is 0 Å². The Kier molecular flexibility index (Phi) is 4.02. The van der Waals surface area contributed by atoms with Gasteiger partial charge in [-0.3, -0.25) is 4.79 Å². The molecule has 0 atom stereocenters. The smallest absolute Gasteiger partial charge is 0.227 e. The van der Waals surface area contributed by atoms with Crippen molar-refractivity contribution in [3.63, 3.8) is 0 Å². The topological polar surface area (TPSA) is 85.7 Å². The quantitative estimate of drug-likeness (QED) is 0.778. The Morgan fingerprint density at radius 2 is 2.00 bits per heavy atom. The lowest BCUT2D eigenvalue weighted by molar-refractivity contribution is 0.234. The van der Waals surface area contributed by atoms with E-state index in [1.54, 1.807) is 6.07 Å². The van der Waals surface area contributed by atoms with Crippen LogP contribution in [-0.4, -0.2) is 10.3 Å². The number of rotatable bonds is 5. The molecule has 0 amide bonds. The second kappa shape index (κ2) is 6.28. The predicted molar refractivity (Wildman–Crippen MR) is 77.2 cm³/mol. The summed E-state index contributed by atoms with van der Waals surface area (Å²) in [7, 11) is 0. The van der Waals surface area contributed by atoms with E-state index >= 15 is 0 Å². The maximum absolute atomic E-state index is 11.7. The van der Waals surface area contributed by atoms with Gasteiger partial charge in [0.15, 0.2) is 5.76 Å².